The molecule has 0 bridgehead atoms. The van der Waals surface area contributed by atoms with Crippen molar-refractivity contribution >= 4 is 16.9 Å². The van der Waals surface area contributed by atoms with Gasteiger partial charge in [-0.3, -0.25) is 0 Å². The maximum absolute atomic E-state index is 12.2. The molecule has 0 radical (unpaired) electrons. The number of allylic oxidation sites excluding steroid dienone is 9. The normalized spacial score (nSPS) is 17.4. The van der Waals surface area contributed by atoms with Gasteiger partial charge in [0.2, 0.25) is 0 Å². The van der Waals surface area contributed by atoms with Gasteiger partial charge in [-0.15, -0.1) is 0 Å². The minimum Gasteiger partial charge on any atom is -0.423 e. The molecule has 0 amide bonds. The summed E-state index contributed by atoms with van der Waals surface area (Å²) in [7, 11) is 0. The second kappa shape index (κ2) is 10.5. The second-order valence-electron chi connectivity index (χ2n) is 9.30. The van der Waals surface area contributed by atoms with Crippen LogP contribution in [0.5, 0.6) is 5.75 Å². The van der Waals surface area contributed by atoms with E-state index in [1.54, 1.807) is 18.2 Å². The van der Waals surface area contributed by atoms with E-state index in [1.807, 2.05) is 25.2 Å². The van der Waals surface area contributed by atoms with Gasteiger partial charge in [0.05, 0.1) is 0 Å². The van der Waals surface area contributed by atoms with Crippen molar-refractivity contribution in [2.45, 2.75) is 53.9 Å². The predicted octanol–water partition coefficient (Wildman–Crippen LogP) is 7.23. The molecule has 172 valence electrons. The van der Waals surface area contributed by atoms with Gasteiger partial charge in [0.15, 0.2) is 0 Å². The lowest BCUT2D eigenvalue weighted by Gasteiger charge is -2.32. The second-order valence-corrected chi connectivity index (χ2v) is 9.30. The first-order chi connectivity index (χ1) is 15.6. The molecule has 0 spiro atoms. The summed E-state index contributed by atoms with van der Waals surface area (Å²) in [6.07, 6.45) is 15.3. The van der Waals surface area contributed by atoms with Gasteiger partial charge in [0, 0.05) is 23.6 Å². The van der Waals surface area contributed by atoms with Crippen LogP contribution in [-0.2, 0) is 4.79 Å². The van der Waals surface area contributed by atoms with Crippen molar-refractivity contribution in [3.63, 3.8) is 0 Å². The van der Waals surface area contributed by atoms with E-state index in [0.717, 1.165) is 16.5 Å². The molecule has 0 saturated heterocycles. The van der Waals surface area contributed by atoms with Crippen molar-refractivity contribution in [2.24, 2.45) is 5.41 Å². The Morgan fingerprint density at radius 3 is 2.61 bits per heavy atom. The maximum Gasteiger partial charge on any atom is 0.336 e. The van der Waals surface area contributed by atoms with Crippen molar-refractivity contribution in [1.82, 2.24) is 0 Å². The van der Waals surface area contributed by atoms with Crippen LogP contribution >= 0.6 is 0 Å². The van der Waals surface area contributed by atoms with E-state index in [9.17, 15) is 9.59 Å². The summed E-state index contributed by atoms with van der Waals surface area (Å²) in [6, 6.07) is 7.97. The average Bonchev–Trinajstić information content (AvgIpc) is 2.72. The number of rotatable bonds is 6. The molecule has 4 nitrogen and oxygen atoms in total. The first kappa shape index (κ1) is 24.2. The molecule has 1 aromatic carbocycles. The lowest BCUT2D eigenvalue weighted by atomic mass is 9.72. The molecule has 3 rings (SSSR count). The summed E-state index contributed by atoms with van der Waals surface area (Å²) in [5, 5.41) is 0.763. The zero-order valence-electron chi connectivity index (χ0n) is 20.1. The highest BCUT2D eigenvalue weighted by atomic mass is 16.5. The third kappa shape index (κ3) is 6.79. The Labute approximate surface area is 195 Å². The van der Waals surface area contributed by atoms with E-state index in [1.165, 1.54) is 48.6 Å². The average molecular weight is 445 g/mol. The van der Waals surface area contributed by atoms with Crippen LogP contribution in [0.3, 0.4) is 0 Å². The van der Waals surface area contributed by atoms with Gasteiger partial charge in [-0.05, 0) is 74.8 Å². The topological polar surface area (TPSA) is 56.5 Å². The quantitative estimate of drug-likeness (QED) is 0.155. The van der Waals surface area contributed by atoms with Gasteiger partial charge in [0.25, 0.3) is 0 Å². The molecule has 1 heterocycles. The highest BCUT2D eigenvalue weighted by Gasteiger charge is 2.26. The van der Waals surface area contributed by atoms with Crippen molar-refractivity contribution in [2.75, 3.05) is 0 Å². The third-order valence-electron chi connectivity index (χ3n) is 5.93. The smallest absolute Gasteiger partial charge is 0.336 e. The van der Waals surface area contributed by atoms with E-state index in [4.69, 9.17) is 9.15 Å². The van der Waals surface area contributed by atoms with Crippen LogP contribution in [0.15, 0.2) is 98.3 Å². The van der Waals surface area contributed by atoms with Gasteiger partial charge in [0.1, 0.15) is 11.3 Å². The fourth-order valence-electron chi connectivity index (χ4n) is 4.12. The van der Waals surface area contributed by atoms with Crippen LogP contribution in [0.25, 0.3) is 11.0 Å². The predicted molar refractivity (Wildman–Crippen MR) is 134 cm³/mol. The van der Waals surface area contributed by atoms with Crippen molar-refractivity contribution in [3.05, 3.63) is 99.5 Å². The Bertz CT molecular complexity index is 1250. The fourth-order valence-corrected chi connectivity index (χ4v) is 4.12. The number of carbonyl (C=O) groups is 1. The molecule has 4 heteroatoms. The van der Waals surface area contributed by atoms with Gasteiger partial charge < -0.3 is 9.15 Å². The van der Waals surface area contributed by atoms with Crippen molar-refractivity contribution in [3.8, 4) is 5.75 Å². The Kier molecular flexibility index (Phi) is 7.70. The maximum atomic E-state index is 12.2. The molecule has 1 aliphatic carbocycles. The van der Waals surface area contributed by atoms with E-state index >= 15 is 0 Å². The van der Waals surface area contributed by atoms with Gasteiger partial charge >= 0.3 is 11.6 Å². The largest absolute Gasteiger partial charge is 0.423 e. The molecular formula is C29H32O4. The molecule has 2 aromatic rings. The first-order valence-electron chi connectivity index (χ1n) is 11.3. The van der Waals surface area contributed by atoms with Gasteiger partial charge in [-0.2, -0.15) is 0 Å². The summed E-state index contributed by atoms with van der Waals surface area (Å²) in [5.41, 5.74) is 5.00. The number of benzene rings is 1. The molecule has 0 fully saturated rings. The highest BCUT2D eigenvalue weighted by Crippen LogP contribution is 2.40. The van der Waals surface area contributed by atoms with Gasteiger partial charge in [-0.1, -0.05) is 55.4 Å². The summed E-state index contributed by atoms with van der Waals surface area (Å²) in [5.74, 6) is -0.164. The number of ether oxygens (including phenoxy) is 1. The SMILES string of the molecule is CC1=C(/C=C/C(C)=C/C=C/C(C)=C/C(=O)Oc2ccc3ccc(=O)oc3c2)C(C)(C)CCC1. The van der Waals surface area contributed by atoms with Crippen molar-refractivity contribution in [1.29, 1.82) is 0 Å². The van der Waals surface area contributed by atoms with Crippen LogP contribution in [0.4, 0.5) is 0 Å². The number of hydrogen-bond donors (Lipinski definition) is 0. The Morgan fingerprint density at radius 2 is 1.85 bits per heavy atom. The first-order valence-corrected chi connectivity index (χ1v) is 11.3. The molecule has 1 aliphatic rings. The zero-order valence-corrected chi connectivity index (χ0v) is 20.1. The number of hydrogen-bond acceptors (Lipinski definition) is 4. The standard InChI is InChI=1S/C29H32O4/c1-20(11-15-25-22(3)10-7-17-29(25,4)5)8-6-9-21(2)18-28(31)32-24-14-12-23-13-16-27(30)33-26(23)19-24/h6,8-9,11-16,18-19H,7,10,17H2,1-5H3/b9-6+,15-11+,20-8+,21-18+. The highest BCUT2D eigenvalue weighted by molar-refractivity contribution is 5.86. The van der Waals surface area contributed by atoms with E-state index in [-0.39, 0.29) is 5.41 Å². The van der Waals surface area contributed by atoms with E-state index < -0.39 is 11.6 Å². The number of fused-ring (bicyclic) bond motifs is 1. The Hall–Kier alpha value is -3.40. The van der Waals surface area contributed by atoms with Crippen LogP contribution in [-0.4, -0.2) is 5.97 Å². The molecular weight excluding hydrogens is 412 g/mol. The summed E-state index contributed by atoms with van der Waals surface area (Å²) in [6.45, 7) is 10.8. The lowest BCUT2D eigenvalue weighted by molar-refractivity contribution is -0.129. The lowest BCUT2D eigenvalue weighted by Crippen LogP contribution is -2.19. The van der Waals surface area contributed by atoms with Gasteiger partial charge in [-0.25, -0.2) is 9.59 Å². The van der Waals surface area contributed by atoms with Crippen LogP contribution < -0.4 is 10.4 Å². The monoisotopic (exact) mass is 444 g/mol. The molecule has 0 N–H and O–H groups in total. The molecule has 0 aliphatic heterocycles. The van der Waals surface area contributed by atoms with E-state index in [0.29, 0.717) is 11.3 Å². The summed E-state index contributed by atoms with van der Waals surface area (Å²) < 4.78 is 10.5. The number of carbonyl (C=O) groups excluding carboxylic acids is 1. The summed E-state index contributed by atoms with van der Waals surface area (Å²) >= 11 is 0. The van der Waals surface area contributed by atoms with Crippen LogP contribution in [0.2, 0.25) is 0 Å². The van der Waals surface area contributed by atoms with Crippen LogP contribution in [0.1, 0.15) is 53.9 Å². The summed E-state index contributed by atoms with van der Waals surface area (Å²) in [4.78, 5) is 23.6. The fraction of sp³-hybridized carbons (Fsp3) is 0.310. The minimum atomic E-state index is -0.489. The molecule has 0 saturated carbocycles. The van der Waals surface area contributed by atoms with Crippen LogP contribution in [0, 0.1) is 5.41 Å². The molecule has 0 unspecified atom stereocenters. The third-order valence-corrected chi connectivity index (χ3v) is 5.93. The number of esters is 1. The molecule has 33 heavy (non-hydrogen) atoms. The Balaban J connectivity index is 1.61. The van der Waals surface area contributed by atoms with Crippen molar-refractivity contribution < 1.29 is 13.9 Å². The minimum absolute atomic E-state index is 0.227. The molecule has 1 aromatic heterocycles. The van der Waals surface area contributed by atoms with E-state index in [2.05, 4.69) is 39.8 Å². The Morgan fingerprint density at radius 1 is 1.09 bits per heavy atom. The zero-order chi connectivity index (χ0) is 24.0. The molecule has 0 atom stereocenters.